The number of sulfonamides is 1. The van der Waals surface area contributed by atoms with E-state index in [0.717, 1.165) is 28.5 Å². The Morgan fingerprint density at radius 2 is 1.74 bits per heavy atom. The van der Waals surface area contributed by atoms with Crippen molar-refractivity contribution in [3.63, 3.8) is 0 Å². The zero-order valence-electron chi connectivity index (χ0n) is 20.3. The number of hydrogen-bond acceptors (Lipinski definition) is 7. The number of amides is 1. The molecule has 2 heterocycles. The van der Waals surface area contributed by atoms with Crippen molar-refractivity contribution in [1.29, 1.82) is 0 Å². The van der Waals surface area contributed by atoms with Crippen molar-refractivity contribution in [3.05, 3.63) is 88.7 Å². The Labute approximate surface area is 226 Å². The second-order valence-corrected chi connectivity index (χ2v) is 11.4. The summed E-state index contributed by atoms with van der Waals surface area (Å²) in [5.74, 6) is -2.40. The SMILES string of the molecule is O=C(CSc1nc2ccccc2c(=O)n1-c1ccc(F)cc1F)Nc1ccc(S(=O)(=O)N2CCOCC2)cc1. The second-order valence-electron chi connectivity index (χ2n) is 8.53. The molecule has 0 aliphatic carbocycles. The number of anilines is 1. The summed E-state index contributed by atoms with van der Waals surface area (Å²) >= 11 is 0.902. The fraction of sp³-hybridized carbons (Fsp3) is 0.192. The molecule has 1 saturated heterocycles. The predicted molar refractivity (Wildman–Crippen MR) is 143 cm³/mol. The first-order valence-electron chi connectivity index (χ1n) is 11.8. The van der Waals surface area contributed by atoms with Crippen LogP contribution in [0.1, 0.15) is 0 Å². The van der Waals surface area contributed by atoms with Gasteiger partial charge in [0, 0.05) is 24.8 Å². The number of benzene rings is 3. The second kappa shape index (κ2) is 11.2. The van der Waals surface area contributed by atoms with Gasteiger partial charge in [-0.25, -0.2) is 22.2 Å². The van der Waals surface area contributed by atoms with Crippen LogP contribution in [0.15, 0.2) is 81.6 Å². The zero-order chi connectivity index (χ0) is 27.6. The maximum Gasteiger partial charge on any atom is 0.266 e. The number of ether oxygens (including phenoxy) is 1. The van der Waals surface area contributed by atoms with Gasteiger partial charge in [-0.1, -0.05) is 23.9 Å². The Hall–Kier alpha value is -3.65. The lowest BCUT2D eigenvalue weighted by Gasteiger charge is -2.26. The molecule has 1 aliphatic heterocycles. The first-order valence-corrected chi connectivity index (χ1v) is 14.2. The highest BCUT2D eigenvalue weighted by atomic mass is 32.2. The number of para-hydroxylation sites is 1. The number of morpholine rings is 1. The Morgan fingerprint density at radius 1 is 1.03 bits per heavy atom. The third-order valence-corrected chi connectivity index (χ3v) is 8.83. The van der Waals surface area contributed by atoms with Crippen LogP contribution in [0.25, 0.3) is 16.6 Å². The number of nitrogens with zero attached hydrogens (tertiary/aromatic N) is 3. The van der Waals surface area contributed by atoms with Gasteiger partial charge in [-0.05, 0) is 48.5 Å². The van der Waals surface area contributed by atoms with Gasteiger partial charge in [-0.15, -0.1) is 0 Å². The molecule has 1 fully saturated rings. The van der Waals surface area contributed by atoms with Crippen LogP contribution in [0, 0.1) is 11.6 Å². The molecule has 4 aromatic rings. The number of nitrogens with one attached hydrogen (secondary N) is 1. The zero-order valence-corrected chi connectivity index (χ0v) is 22.0. The van der Waals surface area contributed by atoms with Crippen molar-refractivity contribution in [2.24, 2.45) is 0 Å². The molecule has 1 aromatic heterocycles. The van der Waals surface area contributed by atoms with E-state index in [0.29, 0.717) is 30.5 Å². The maximum absolute atomic E-state index is 14.6. The molecule has 0 atom stereocenters. The molecule has 0 bridgehead atoms. The molecule has 0 saturated carbocycles. The molecule has 1 amide bonds. The van der Waals surface area contributed by atoms with Crippen LogP contribution in [-0.4, -0.2) is 60.2 Å². The van der Waals surface area contributed by atoms with Gasteiger partial charge < -0.3 is 10.1 Å². The van der Waals surface area contributed by atoms with Crippen LogP contribution in [0.2, 0.25) is 0 Å². The highest BCUT2D eigenvalue weighted by Crippen LogP contribution is 2.24. The lowest BCUT2D eigenvalue weighted by Crippen LogP contribution is -2.40. The van der Waals surface area contributed by atoms with Crippen LogP contribution in [0.5, 0.6) is 0 Å². The molecular weight excluding hydrogens is 550 g/mol. The third-order valence-electron chi connectivity index (χ3n) is 5.97. The fourth-order valence-corrected chi connectivity index (χ4v) is 6.27. The predicted octanol–water partition coefficient (Wildman–Crippen LogP) is 3.42. The third kappa shape index (κ3) is 5.71. The number of hydrogen-bond donors (Lipinski definition) is 1. The number of halogens is 2. The summed E-state index contributed by atoms with van der Waals surface area (Å²) in [7, 11) is -3.67. The summed E-state index contributed by atoms with van der Waals surface area (Å²) in [6, 6.07) is 15.1. The maximum atomic E-state index is 14.6. The molecule has 9 nitrogen and oxygen atoms in total. The van der Waals surface area contributed by atoms with Crippen LogP contribution in [-0.2, 0) is 19.6 Å². The number of aromatic nitrogens is 2. The van der Waals surface area contributed by atoms with Crippen LogP contribution < -0.4 is 10.9 Å². The van der Waals surface area contributed by atoms with E-state index in [4.69, 9.17) is 4.74 Å². The van der Waals surface area contributed by atoms with Gasteiger partial charge in [0.05, 0.1) is 40.5 Å². The summed E-state index contributed by atoms with van der Waals surface area (Å²) in [5, 5.41) is 2.96. The summed E-state index contributed by atoms with van der Waals surface area (Å²) in [6.07, 6.45) is 0. The summed E-state index contributed by atoms with van der Waals surface area (Å²) in [6.45, 7) is 1.21. The Bertz CT molecular complexity index is 1710. The van der Waals surface area contributed by atoms with Crippen molar-refractivity contribution >= 4 is 44.3 Å². The van der Waals surface area contributed by atoms with Crippen LogP contribution in [0.3, 0.4) is 0 Å². The Balaban J connectivity index is 1.35. The van der Waals surface area contributed by atoms with Gasteiger partial charge in [0.25, 0.3) is 5.56 Å². The number of thioether (sulfide) groups is 1. The summed E-state index contributed by atoms with van der Waals surface area (Å²) in [5.41, 5.74) is -0.0260. The van der Waals surface area contributed by atoms with E-state index in [9.17, 15) is 26.8 Å². The smallest absolute Gasteiger partial charge is 0.266 e. The van der Waals surface area contributed by atoms with Crippen molar-refractivity contribution in [3.8, 4) is 5.69 Å². The van der Waals surface area contributed by atoms with Crippen LogP contribution in [0.4, 0.5) is 14.5 Å². The largest absolute Gasteiger partial charge is 0.379 e. The normalized spacial score (nSPS) is 14.4. The van der Waals surface area contributed by atoms with Gasteiger partial charge in [0.1, 0.15) is 11.6 Å². The molecule has 202 valence electrons. The van der Waals surface area contributed by atoms with E-state index < -0.39 is 33.1 Å². The van der Waals surface area contributed by atoms with E-state index >= 15 is 0 Å². The molecule has 0 unspecified atom stereocenters. The minimum Gasteiger partial charge on any atom is -0.379 e. The lowest BCUT2D eigenvalue weighted by molar-refractivity contribution is -0.113. The molecule has 3 aromatic carbocycles. The van der Waals surface area contributed by atoms with Gasteiger partial charge in [-0.2, -0.15) is 4.31 Å². The summed E-state index contributed by atoms with van der Waals surface area (Å²) < 4.78 is 61.3. The van der Waals surface area contributed by atoms with E-state index in [1.54, 1.807) is 24.3 Å². The number of rotatable bonds is 7. The van der Waals surface area contributed by atoms with E-state index in [-0.39, 0.29) is 40.0 Å². The molecule has 1 aliphatic rings. The van der Waals surface area contributed by atoms with E-state index in [2.05, 4.69) is 10.3 Å². The fourth-order valence-electron chi connectivity index (χ4n) is 4.06. The summed E-state index contributed by atoms with van der Waals surface area (Å²) in [4.78, 5) is 30.5. The van der Waals surface area contributed by atoms with Crippen molar-refractivity contribution in [2.75, 3.05) is 37.4 Å². The highest BCUT2D eigenvalue weighted by molar-refractivity contribution is 7.99. The standard InChI is InChI=1S/C26H22F2N4O5S2/c27-17-5-10-23(21(28)15-17)32-25(34)20-3-1-2-4-22(20)30-26(32)38-16-24(33)29-18-6-8-19(9-7-18)39(35,36)31-11-13-37-14-12-31/h1-10,15H,11-14,16H2,(H,29,33). The average Bonchev–Trinajstić information content (AvgIpc) is 2.93. The molecule has 39 heavy (non-hydrogen) atoms. The first-order chi connectivity index (χ1) is 18.7. The lowest BCUT2D eigenvalue weighted by atomic mass is 10.2. The van der Waals surface area contributed by atoms with Crippen molar-refractivity contribution in [1.82, 2.24) is 13.9 Å². The molecular formula is C26H22F2N4O5S2. The number of fused-ring (bicyclic) bond motifs is 1. The van der Waals surface area contributed by atoms with Crippen molar-refractivity contribution in [2.45, 2.75) is 10.1 Å². The molecule has 13 heteroatoms. The average molecular weight is 573 g/mol. The van der Waals surface area contributed by atoms with Gasteiger partial charge in [0.15, 0.2) is 5.16 Å². The molecule has 5 rings (SSSR count). The Kier molecular flexibility index (Phi) is 7.75. The topological polar surface area (TPSA) is 111 Å². The quantitative estimate of drug-likeness (QED) is 0.267. The van der Waals surface area contributed by atoms with Gasteiger partial charge in [0.2, 0.25) is 15.9 Å². The monoisotopic (exact) mass is 572 g/mol. The first kappa shape index (κ1) is 26.9. The van der Waals surface area contributed by atoms with E-state index in [1.165, 1.54) is 28.6 Å². The minimum absolute atomic E-state index is 0.0475. The van der Waals surface area contributed by atoms with Gasteiger partial charge >= 0.3 is 0 Å². The van der Waals surface area contributed by atoms with Gasteiger partial charge in [-0.3, -0.25) is 14.2 Å². The van der Waals surface area contributed by atoms with Crippen molar-refractivity contribution < 1.29 is 26.7 Å². The Morgan fingerprint density at radius 3 is 2.46 bits per heavy atom. The van der Waals surface area contributed by atoms with E-state index in [1.807, 2.05) is 0 Å². The molecule has 0 spiro atoms. The number of carbonyl (C=O) groups is 1. The number of carbonyl (C=O) groups excluding carboxylic acids is 1. The highest BCUT2D eigenvalue weighted by Gasteiger charge is 2.26. The van der Waals surface area contributed by atoms with Crippen LogP contribution >= 0.6 is 11.8 Å². The molecule has 0 radical (unpaired) electrons. The molecule has 1 N–H and O–H groups in total. The minimum atomic E-state index is -3.67.